The Morgan fingerprint density at radius 3 is 2.61 bits per heavy atom. The minimum atomic E-state index is -0.551. The second-order valence-electron chi connectivity index (χ2n) is 7.85. The van der Waals surface area contributed by atoms with Crippen LogP contribution in [0.2, 0.25) is 0 Å². The summed E-state index contributed by atoms with van der Waals surface area (Å²) in [6.07, 6.45) is 2.52. The lowest BCUT2D eigenvalue weighted by molar-refractivity contribution is -0.143. The van der Waals surface area contributed by atoms with Gasteiger partial charge in [0.15, 0.2) is 0 Å². The number of rotatable bonds is 3. The van der Waals surface area contributed by atoms with Crippen LogP contribution in [-0.4, -0.2) is 31.8 Å². The van der Waals surface area contributed by atoms with Crippen molar-refractivity contribution in [2.45, 2.75) is 20.4 Å². The Morgan fingerprint density at radius 2 is 1.89 bits per heavy atom. The Bertz CT molecular complexity index is 1150. The average molecular weight is 397 g/mol. The Balaban J connectivity index is 1.51. The number of aromatic hydroxyl groups is 1. The first-order chi connectivity index (χ1) is 13.3. The van der Waals surface area contributed by atoms with E-state index >= 15 is 0 Å². The molecule has 1 saturated carbocycles. The van der Waals surface area contributed by atoms with E-state index in [9.17, 15) is 19.1 Å². The number of carbonyl (C=O) groups is 2. The maximum Gasteiger partial charge on any atom is 0.234 e. The van der Waals surface area contributed by atoms with Crippen LogP contribution in [0.15, 0.2) is 30.6 Å². The number of thiophene rings is 1. The second-order valence-corrected chi connectivity index (χ2v) is 8.99. The first-order valence-corrected chi connectivity index (χ1v) is 9.68. The highest BCUT2D eigenvalue weighted by atomic mass is 32.1. The highest BCUT2D eigenvalue weighted by Crippen LogP contribution is 2.63. The third-order valence-corrected chi connectivity index (χ3v) is 6.93. The van der Waals surface area contributed by atoms with Gasteiger partial charge in [0.05, 0.1) is 34.8 Å². The molecule has 0 aromatic carbocycles. The number of amides is 2. The van der Waals surface area contributed by atoms with Crippen molar-refractivity contribution in [3.63, 3.8) is 0 Å². The van der Waals surface area contributed by atoms with Crippen molar-refractivity contribution in [2.24, 2.45) is 17.3 Å². The highest BCUT2D eigenvalue weighted by Gasteiger charge is 2.72. The van der Waals surface area contributed by atoms with E-state index in [1.165, 1.54) is 22.3 Å². The van der Waals surface area contributed by atoms with Gasteiger partial charge in [0.2, 0.25) is 17.7 Å². The molecule has 3 aromatic heterocycles. The third kappa shape index (κ3) is 2.30. The molecule has 0 bridgehead atoms. The van der Waals surface area contributed by atoms with E-state index in [2.05, 4.69) is 9.97 Å². The maximum absolute atomic E-state index is 13.6. The lowest BCUT2D eigenvalue weighted by Crippen LogP contribution is -2.35. The van der Waals surface area contributed by atoms with Crippen LogP contribution in [0.5, 0.6) is 5.88 Å². The summed E-state index contributed by atoms with van der Waals surface area (Å²) in [4.78, 5) is 35.3. The molecule has 28 heavy (non-hydrogen) atoms. The third-order valence-electron chi connectivity index (χ3n) is 5.79. The number of hydrogen-bond donors (Lipinski definition) is 1. The van der Waals surface area contributed by atoms with Gasteiger partial charge >= 0.3 is 0 Å². The number of aromatic nitrogens is 2. The summed E-state index contributed by atoms with van der Waals surface area (Å²) in [5, 5.41) is 10.0. The lowest BCUT2D eigenvalue weighted by atomic mass is 10.1. The van der Waals surface area contributed by atoms with Gasteiger partial charge in [-0.15, -0.1) is 11.3 Å². The van der Waals surface area contributed by atoms with Crippen molar-refractivity contribution >= 4 is 33.4 Å². The fourth-order valence-electron chi connectivity index (χ4n) is 4.22. The predicted molar refractivity (Wildman–Crippen MR) is 101 cm³/mol. The number of nitrogens with zero attached hydrogens (tertiary/aromatic N) is 3. The number of piperidine rings is 1. The van der Waals surface area contributed by atoms with Gasteiger partial charge in [-0.1, -0.05) is 13.8 Å². The number of hydrogen-bond acceptors (Lipinski definition) is 6. The van der Waals surface area contributed by atoms with Gasteiger partial charge < -0.3 is 5.11 Å². The largest absolute Gasteiger partial charge is 0.493 e. The van der Waals surface area contributed by atoms with Crippen LogP contribution in [0.25, 0.3) is 21.3 Å². The molecule has 2 fully saturated rings. The van der Waals surface area contributed by atoms with Gasteiger partial charge in [-0.05, 0) is 23.6 Å². The molecule has 8 heteroatoms. The smallest absolute Gasteiger partial charge is 0.234 e. The zero-order valence-electron chi connectivity index (χ0n) is 15.1. The second kappa shape index (κ2) is 5.57. The molecule has 1 aliphatic heterocycles. The molecule has 0 spiro atoms. The van der Waals surface area contributed by atoms with Crippen LogP contribution in [0.1, 0.15) is 18.7 Å². The number of pyridine rings is 2. The van der Waals surface area contributed by atoms with Crippen molar-refractivity contribution in [1.29, 1.82) is 0 Å². The molecule has 0 radical (unpaired) electrons. The molecule has 1 saturated heterocycles. The van der Waals surface area contributed by atoms with Crippen molar-refractivity contribution in [3.05, 3.63) is 41.3 Å². The lowest BCUT2D eigenvalue weighted by Gasteiger charge is -2.19. The first kappa shape index (κ1) is 17.2. The minimum absolute atomic E-state index is 0.113. The molecule has 2 aliphatic rings. The molecular formula is C20H16FN3O3S. The summed E-state index contributed by atoms with van der Waals surface area (Å²) >= 11 is 1.37. The summed E-state index contributed by atoms with van der Waals surface area (Å²) < 4.78 is 14.4. The molecule has 2 atom stereocenters. The number of imide groups is 1. The van der Waals surface area contributed by atoms with Gasteiger partial charge in [-0.2, -0.15) is 0 Å². The van der Waals surface area contributed by atoms with Crippen molar-refractivity contribution in [3.8, 4) is 17.0 Å². The molecule has 5 rings (SSSR count). The van der Waals surface area contributed by atoms with Crippen LogP contribution >= 0.6 is 11.3 Å². The minimum Gasteiger partial charge on any atom is -0.493 e. The fourth-order valence-corrected chi connectivity index (χ4v) is 5.35. The number of halogens is 1. The summed E-state index contributed by atoms with van der Waals surface area (Å²) in [5.41, 5.74) is 1.30. The Hall–Kier alpha value is -2.87. The van der Waals surface area contributed by atoms with E-state index in [0.29, 0.717) is 11.1 Å². The van der Waals surface area contributed by atoms with Crippen LogP contribution in [0, 0.1) is 23.1 Å². The van der Waals surface area contributed by atoms with Gasteiger partial charge in [0.25, 0.3) is 0 Å². The topological polar surface area (TPSA) is 83.4 Å². The Labute approximate surface area is 163 Å². The molecule has 4 heterocycles. The van der Waals surface area contributed by atoms with Crippen molar-refractivity contribution in [2.75, 3.05) is 0 Å². The Kier molecular flexibility index (Phi) is 3.43. The normalized spacial score (nSPS) is 22.8. The molecule has 1 N–H and O–H groups in total. The molecule has 3 aromatic rings. The van der Waals surface area contributed by atoms with Crippen LogP contribution in [-0.2, 0) is 16.1 Å². The number of fused-ring (bicyclic) bond motifs is 2. The van der Waals surface area contributed by atoms with E-state index in [4.69, 9.17) is 0 Å². The van der Waals surface area contributed by atoms with Crippen molar-refractivity contribution in [1.82, 2.24) is 14.9 Å². The molecule has 1 aliphatic carbocycles. The van der Waals surface area contributed by atoms with Crippen LogP contribution in [0.3, 0.4) is 0 Å². The van der Waals surface area contributed by atoms with Crippen LogP contribution < -0.4 is 0 Å². The molecule has 142 valence electrons. The summed E-state index contributed by atoms with van der Waals surface area (Å²) in [5.74, 6) is -1.47. The summed E-state index contributed by atoms with van der Waals surface area (Å²) in [6.45, 7) is 4.10. The summed E-state index contributed by atoms with van der Waals surface area (Å²) in [6, 6.07) is 4.73. The maximum atomic E-state index is 13.6. The van der Waals surface area contributed by atoms with E-state index in [1.807, 2.05) is 19.9 Å². The molecule has 2 amide bonds. The fraction of sp³-hybridized carbons (Fsp3) is 0.300. The van der Waals surface area contributed by atoms with Crippen LogP contribution in [0.4, 0.5) is 4.39 Å². The first-order valence-electron chi connectivity index (χ1n) is 8.86. The number of likely N-dealkylation sites (tertiary alicyclic amines) is 1. The average Bonchev–Trinajstić information content (AvgIpc) is 2.91. The highest BCUT2D eigenvalue weighted by molar-refractivity contribution is 7.19. The van der Waals surface area contributed by atoms with E-state index in [1.54, 1.807) is 12.3 Å². The monoisotopic (exact) mass is 397 g/mol. The van der Waals surface area contributed by atoms with Gasteiger partial charge in [0, 0.05) is 22.2 Å². The molecule has 2 unspecified atom stereocenters. The zero-order chi connectivity index (χ0) is 19.8. The van der Waals surface area contributed by atoms with Crippen molar-refractivity contribution < 1.29 is 19.1 Å². The number of carbonyl (C=O) groups excluding carboxylic acids is 2. The Morgan fingerprint density at radius 1 is 1.18 bits per heavy atom. The standard InChI is InChI=1S/C20H16FN3O3S/c1-20(2)14-15(20)19(27)24(18(14)26)8-10-6-13-16(28-10)11(3-4-22-13)12-5-9(21)7-23-17(12)25/h3-7,14-15H,8H2,1-2H3,(H,23,25). The predicted octanol–water partition coefficient (Wildman–Crippen LogP) is 3.34. The van der Waals surface area contributed by atoms with E-state index in [0.717, 1.165) is 15.8 Å². The van der Waals surface area contributed by atoms with Gasteiger partial charge in [-0.25, -0.2) is 9.37 Å². The SMILES string of the molecule is CC1(C)C2C(=O)N(Cc3cc4nccc(-c5cc(F)cnc5O)c4s3)C(=O)C21. The quantitative estimate of drug-likeness (QED) is 0.686. The molecular weight excluding hydrogens is 381 g/mol. The van der Waals surface area contributed by atoms with E-state index in [-0.39, 0.29) is 47.1 Å². The van der Waals surface area contributed by atoms with E-state index < -0.39 is 5.82 Å². The molecule has 6 nitrogen and oxygen atoms in total. The van der Waals surface area contributed by atoms with Gasteiger partial charge in [-0.3, -0.25) is 19.5 Å². The summed E-state index contributed by atoms with van der Waals surface area (Å²) in [7, 11) is 0. The van der Waals surface area contributed by atoms with Gasteiger partial charge in [0.1, 0.15) is 5.82 Å². The zero-order valence-corrected chi connectivity index (χ0v) is 16.0.